The Morgan fingerprint density at radius 2 is 1.74 bits per heavy atom. The summed E-state index contributed by atoms with van der Waals surface area (Å²) in [6.45, 7) is 4.59. The van der Waals surface area contributed by atoms with Gasteiger partial charge in [0.25, 0.3) is 5.91 Å². The van der Waals surface area contributed by atoms with E-state index < -0.39 is 29.2 Å². The van der Waals surface area contributed by atoms with Gasteiger partial charge in [-0.2, -0.15) is 17.6 Å². The van der Waals surface area contributed by atoms with E-state index in [-0.39, 0.29) is 12.1 Å². The van der Waals surface area contributed by atoms with Crippen molar-refractivity contribution < 1.29 is 22.4 Å². The SMILES string of the molecule is CN1CCN(c2ccc(-c3ccc(N4CCCC4)nc3F)cc2NC(=O)C2=CNCC=C2C(F)(F)F)CC1. The summed E-state index contributed by atoms with van der Waals surface area (Å²) in [4.78, 5) is 23.6. The summed E-state index contributed by atoms with van der Waals surface area (Å²) in [5.41, 5.74) is 0.216. The summed E-state index contributed by atoms with van der Waals surface area (Å²) in [5, 5.41) is 5.36. The lowest BCUT2D eigenvalue weighted by Crippen LogP contribution is -2.44. The normalized spacial score (nSPS) is 18.7. The second-order valence-electron chi connectivity index (χ2n) is 9.76. The van der Waals surface area contributed by atoms with Crippen LogP contribution in [0.1, 0.15) is 12.8 Å². The molecule has 11 heteroatoms. The highest BCUT2D eigenvalue weighted by atomic mass is 19.4. The molecule has 0 radical (unpaired) electrons. The molecule has 4 heterocycles. The smallest absolute Gasteiger partial charge is 0.387 e. The number of benzene rings is 1. The first-order chi connectivity index (χ1) is 18.2. The highest BCUT2D eigenvalue weighted by Crippen LogP contribution is 2.36. The number of carbonyl (C=O) groups is 1. The number of carbonyl (C=O) groups excluding carboxylic acids is 1. The number of aromatic nitrogens is 1. The monoisotopic (exact) mass is 530 g/mol. The van der Waals surface area contributed by atoms with Gasteiger partial charge in [-0.1, -0.05) is 12.1 Å². The molecule has 7 nitrogen and oxygen atoms in total. The minimum Gasteiger partial charge on any atom is -0.387 e. The van der Waals surface area contributed by atoms with Crippen LogP contribution in [0.15, 0.2) is 53.8 Å². The van der Waals surface area contributed by atoms with E-state index in [4.69, 9.17) is 0 Å². The first-order valence-corrected chi connectivity index (χ1v) is 12.7. The lowest BCUT2D eigenvalue weighted by atomic mass is 10.0. The number of nitrogens with zero attached hydrogens (tertiary/aromatic N) is 4. The summed E-state index contributed by atoms with van der Waals surface area (Å²) in [6, 6.07) is 8.56. The number of anilines is 3. The molecule has 0 bridgehead atoms. The van der Waals surface area contributed by atoms with Crippen molar-refractivity contribution in [2.24, 2.45) is 0 Å². The van der Waals surface area contributed by atoms with E-state index in [1.807, 2.05) is 11.9 Å². The van der Waals surface area contributed by atoms with Crippen molar-refractivity contribution in [3.05, 3.63) is 59.7 Å². The molecule has 5 rings (SSSR count). The van der Waals surface area contributed by atoms with Crippen molar-refractivity contribution in [1.82, 2.24) is 15.2 Å². The van der Waals surface area contributed by atoms with Gasteiger partial charge in [-0.05, 0) is 49.7 Å². The molecule has 2 aromatic rings. The van der Waals surface area contributed by atoms with Crippen molar-refractivity contribution in [2.75, 3.05) is 68.0 Å². The second-order valence-corrected chi connectivity index (χ2v) is 9.76. The number of hydrogen-bond acceptors (Lipinski definition) is 6. The van der Waals surface area contributed by atoms with Crippen molar-refractivity contribution >= 4 is 23.1 Å². The maximum Gasteiger partial charge on any atom is 0.416 e. The van der Waals surface area contributed by atoms with E-state index in [2.05, 4.69) is 25.4 Å². The Morgan fingerprint density at radius 3 is 2.42 bits per heavy atom. The third kappa shape index (κ3) is 5.47. The number of hydrogen-bond donors (Lipinski definition) is 2. The van der Waals surface area contributed by atoms with Gasteiger partial charge in [-0.25, -0.2) is 4.98 Å². The molecule has 1 amide bonds. The molecule has 0 spiro atoms. The van der Waals surface area contributed by atoms with Gasteiger partial charge in [0.15, 0.2) is 0 Å². The van der Waals surface area contributed by atoms with Gasteiger partial charge in [0.2, 0.25) is 5.95 Å². The number of amides is 1. The molecule has 2 N–H and O–H groups in total. The zero-order valence-electron chi connectivity index (χ0n) is 21.1. The molecule has 1 aromatic heterocycles. The van der Waals surface area contributed by atoms with Crippen LogP contribution in [0.3, 0.4) is 0 Å². The van der Waals surface area contributed by atoms with Gasteiger partial charge in [0, 0.05) is 57.6 Å². The quantitative estimate of drug-likeness (QED) is 0.448. The number of alkyl halides is 3. The first-order valence-electron chi connectivity index (χ1n) is 12.7. The zero-order chi connectivity index (χ0) is 26.9. The Hall–Kier alpha value is -3.60. The number of nitrogens with one attached hydrogen (secondary N) is 2. The number of pyridine rings is 1. The zero-order valence-corrected chi connectivity index (χ0v) is 21.1. The van der Waals surface area contributed by atoms with E-state index in [1.54, 1.807) is 30.3 Å². The van der Waals surface area contributed by atoms with E-state index in [0.717, 1.165) is 51.3 Å². The molecule has 2 fully saturated rings. The molecule has 3 aliphatic heterocycles. The lowest BCUT2D eigenvalue weighted by molar-refractivity contribution is -0.115. The van der Waals surface area contributed by atoms with Crippen LogP contribution in [0.4, 0.5) is 34.8 Å². The maximum absolute atomic E-state index is 15.2. The number of halogens is 4. The van der Waals surface area contributed by atoms with E-state index in [1.165, 1.54) is 0 Å². The molecule has 38 heavy (non-hydrogen) atoms. The van der Waals surface area contributed by atoms with Gasteiger partial charge in [0.1, 0.15) is 5.82 Å². The number of rotatable bonds is 5. The van der Waals surface area contributed by atoms with Crippen LogP contribution >= 0.6 is 0 Å². The van der Waals surface area contributed by atoms with Gasteiger partial charge in [0.05, 0.1) is 22.5 Å². The fourth-order valence-corrected chi connectivity index (χ4v) is 5.04. The maximum atomic E-state index is 15.2. The predicted octanol–water partition coefficient (Wildman–Crippen LogP) is 4.15. The summed E-state index contributed by atoms with van der Waals surface area (Å²) in [6.07, 6.45) is -0.550. The standard InChI is InChI=1S/C27H30F4N6O/c1-35-12-14-36(15-13-35)23-6-4-18(19-5-7-24(34-25(19)28)37-10-2-3-11-37)16-22(23)33-26(38)20-17-32-9-8-21(20)27(29,30)31/h4-8,16-17,32H,2-3,9-15H2,1H3,(H,33,38). The summed E-state index contributed by atoms with van der Waals surface area (Å²) in [7, 11) is 2.01. The molecule has 0 saturated carbocycles. The summed E-state index contributed by atoms with van der Waals surface area (Å²) < 4.78 is 55.9. The van der Waals surface area contributed by atoms with Gasteiger partial charge in [-0.3, -0.25) is 4.79 Å². The van der Waals surface area contributed by atoms with Crippen LogP contribution < -0.4 is 20.4 Å². The molecule has 1 aromatic carbocycles. The molecule has 0 unspecified atom stereocenters. The Bertz CT molecular complexity index is 1260. The van der Waals surface area contributed by atoms with Crippen LogP contribution in [-0.2, 0) is 4.79 Å². The lowest BCUT2D eigenvalue weighted by Gasteiger charge is -2.35. The van der Waals surface area contributed by atoms with Crippen molar-refractivity contribution in [1.29, 1.82) is 0 Å². The highest BCUT2D eigenvalue weighted by molar-refractivity contribution is 6.09. The fraction of sp³-hybridized carbons (Fsp3) is 0.407. The Balaban J connectivity index is 1.48. The van der Waals surface area contributed by atoms with E-state index >= 15 is 4.39 Å². The van der Waals surface area contributed by atoms with Crippen LogP contribution in [0, 0.1) is 5.95 Å². The summed E-state index contributed by atoms with van der Waals surface area (Å²) in [5.74, 6) is -0.952. The van der Waals surface area contributed by atoms with Crippen molar-refractivity contribution in [3.8, 4) is 11.1 Å². The second kappa shape index (κ2) is 10.6. The van der Waals surface area contributed by atoms with Crippen molar-refractivity contribution in [3.63, 3.8) is 0 Å². The van der Waals surface area contributed by atoms with Crippen LogP contribution in [-0.4, -0.2) is 74.8 Å². The van der Waals surface area contributed by atoms with E-state index in [0.29, 0.717) is 35.8 Å². The molecule has 3 aliphatic rings. The van der Waals surface area contributed by atoms with Crippen LogP contribution in [0.2, 0.25) is 0 Å². The first kappa shape index (κ1) is 26.0. The van der Waals surface area contributed by atoms with E-state index in [9.17, 15) is 18.0 Å². The van der Waals surface area contributed by atoms with Gasteiger partial charge < -0.3 is 25.3 Å². The number of dihydropyridines is 1. The molecule has 202 valence electrons. The average Bonchev–Trinajstić information content (AvgIpc) is 3.44. The molecule has 0 atom stereocenters. The van der Waals surface area contributed by atoms with Crippen LogP contribution in [0.5, 0.6) is 0 Å². The van der Waals surface area contributed by atoms with Gasteiger partial charge >= 0.3 is 6.18 Å². The van der Waals surface area contributed by atoms with Crippen LogP contribution in [0.25, 0.3) is 11.1 Å². The topological polar surface area (TPSA) is 63.7 Å². The Kier molecular flexibility index (Phi) is 7.29. The minimum absolute atomic E-state index is 0.0205. The molecule has 0 aliphatic carbocycles. The molecule has 2 saturated heterocycles. The number of piperazine rings is 1. The third-order valence-corrected chi connectivity index (χ3v) is 7.17. The average molecular weight is 531 g/mol. The fourth-order valence-electron chi connectivity index (χ4n) is 5.04. The largest absolute Gasteiger partial charge is 0.416 e. The number of likely N-dealkylation sites (N-methyl/N-ethyl adjacent to an activating group) is 1. The predicted molar refractivity (Wildman–Crippen MR) is 140 cm³/mol. The molecular formula is C27H30F4N6O. The van der Waals surface area contributed by atoms with Crippen molar-refractivity contribution in [2.45, 2.75) is 19.0 Å². The highest BCUT2D eigenvalue weighted by Gasteiger charge is 2.39. The van der Waals surface area contributed by atoms with Gasteiger partial charge in [-0.15, -0.1) is 0 Å². The third-order valence-electron chi connectivity index (χ3n) is 7.17. The summed E-state index contributed by atoms with van der Waals surface area (Å²) >= 11 is 0. The molecular weight excluding hydrogens is 500 g/mol. The Labute approximate surface area is 218 Å². The minimum atomic E-state index is -4.67. The Morgan fingerprint density at radius 1 is 1.00 bits per heavy atom.